The van der Waals surface area contributed by atoms with Crippen LogP contribution in [0.2, 0.25) is 0 Å². The van der Waals surface area contributed by atoms with Gasteiger partial charge in [0, 0.05) is 6.08 Å². The van der Waals surface area contributed by atoms with E-state index in [1.807, 2.05) is 20.8 Å². The van der Waals surface area contributed by atoms with Crippen molar-refractivity contribution in [3.05, 3.63) is 23.3 Å². The number of methoxy groups -OCH3 is 1. The SMILES string of the molecule is COC(=O)C(CC(C)C)NC(=O)/C=C(\C)CCC=C(C)C. The quantitative estimate of drug-likeness (QED) is 0.424. The van der Waals surface area contributed by atoms with Crippen molar-refractivity contribution in [2.45, 2.75) is 59.9 Å². The molecule has 4 heteroatoms. The van der Waals surface area contributed by atoms with Gasteiger partial charge in [0.05, 0.1) is 7.11 Å². The van der Waals surface area contributed by atoms with Gasteiger partial charge in [-0.1, -0.05) is 31.1 Å². The Hall–Kier alpha value is -1.58. The van der Waals surface area contributed by atoms with Crippen LogP contribution in [-0.4, -0.2) is 25.0 Å². The summed E-state index contributed by atoms with van der Waals surface area (Å²) in [5.74, 6) is -0.328. The summed E-state index contributed by atoms with van der Waals surface area (Å²) in [5, 5.41) is 2.72. The van der Waals surface area contributed by atoms with E-state index in [-0.39, 0.29) is 5.91 Å². The van der Waals surface area contributed by atoms with Gasteiger partial charge in [0.1, 0.15) is 6.04 Å². The first-order chi connectivity index (χ1) is 9.76. The molecule has 0 aliphatic rings. The van der Waals surface area contributed by atoms with Gasteiger partial charge in [-0.25, -0.2) is 4.79 Å². The highest BCUT2D eigenvalue weighted by Gasteiger charge is 2.21. The van der Waals surface area contributed by atoms with Gasteiger partial charge in [0.2, 0.25) is 5.91 Å². The number of allylic oxidation sites excluding steroid dienone is 3. The number of ether oxygens (including phenoxy) is 1. The van der Waals surface area contributed by atoms with Gasteiger partial charge in [-0.05, 0) is 46.0 Å². The lowest BCUT2D eigenvalue weighted by Crippen LogP contribution is -2.41. The Morgan fingerprint density at radius 2 is 1.81 bits per heavy atom. The number of rotatable bonds is 8. The largest absolute Gasteiger partial charge is 0.467 e. The Morgan fingerprint density at radius 1 is 1.19 bits per heavy atom. The van der Waals surface area contributed by atoms with Crippen molar-refractivity contribution in [1.82, 2.24) is 5.32 Å². The van der Waals surface area contributed by atoms with E-state index in [0.29, 0.717) is 12.3 Å². The van der Waals surface area contributed by atoms with E-state index < -0.39 is 12.0 Å². The first-order valence-electron chi connectivity index (χ1n) is 7.45. The highest BCUT2D eigenvalue weighted by Crippen LogP contribution is 2.08. The van der Waals surface area contributed by atoms with Crippen LogP contribution in [0.15, 0.2) is 23.3 Å². The summed E-state index contributed by atoms with van der Waals surface area (Å²) >= 11 is 0. The maximum atomic E-state index is 12.0. The molecule has 0 aromatic carbocycles. The number of carbonyl (C=O) groups is 2. The summed E-state index contributed by atoms with van der Waals surface area (Å²) in [6.45, 7) is 10.0. The Labute approximate surface area is 128 Å². The number of amides is 1. The summed E-state index contributed by atoms with van der Waals surface area (Å²) in [4.78, 5) is 23.6. The predicted octanol–water partition coefficient (Wildman–Crippen LogP) is 3.38. The lowest BCUT2D eigenvalue weighted by Gasteiger charge is -2.17. The number of hydrogen-bond donors (Lipinski definition) is 1. The van der Waals surface area contributed by atoms with Crippen LogP contribution in [0.5, 0.6) is 0 Å². The van der Waals surface area contributed by atoms with Gasteiger partial charge in [-0.2, -0.15) is 0 Å². The Bertz CT molecular complexity index is 404. The molecule has 0 bridgehead atoms. The second-order valence-electron chi connectivity index (χ2n) is 6.02. The molecule has 0 rings (SSSR count). The van der Waals surface area contributed by atoms with Gasteiger partial charge in [-0.3, -0.25) is 4.79 Å². The molecule has 0 aliphatic heterocycles. The second-order valence-corrected chi connectivity index (χ2v) is 6.02. The van der Waals surface area contributed by atoms with E-state index in [0.717, 1.165) is 18.4 Å². The molecule has 1 atom stereocenters. The third kappa shape index (κ3) is 9.88. The van der Waals surface area contributed by atoms with Crippen molar-refractivity contribution in [2.24, 2.45) is 5.92 Å². The number of nitrogens with one attached hydrogen (secondary N) is 1. The summed E-state index contributed by atoms with van der Waals surface area (Å²) < 4.78 is 4.73. The van der Waals surface area contributed by atoms with Crippen molar-refractivity contribution in [3.8, 4) is 0 Å². The maximum Gasteiger partial charge on any atom is 0.328 e. The van der Waals surface area contributed by atoms with Crippen LogP contribution >= 0.6 is 0 Å². The molecular formula is C17H29NO3. The van der Waals surface area contributed by atoms with Crippen LogP contribution in [0.1, 0.15) is 53.9 Å². The van der Waals surface area contributed by atoms with Crippen molar-refractivity contribution < 1.29 is 14.3 Å². The minimum atomic E-state index is -0.579. The molecule has 0 saturated carbocycles. The zero-order chi connectivity index (χ0) is 16.4. The first-order valence-corrected chi connectivity index (χ1v) is 7.45. The molecule has 0 radical (unpaired) electrons. The van der Waals surface area contributed by atoms with Gasteiger partial charge in [0.15, 0.2) is 0 Å². The van der Waals surface area contributed by atoms with Crippen LogP contribution in [0, 0.1) is 5.92 Å². The van der Waals surface area contributed by atoms with Crippen LogP contribution in [-0.2, 0) is 14.3 Å². The molecule has 1 amide bonds. The monoisotopic (exact) mass is 295 g/mol. The minimum Gasteiger partial charge on any atom is -0.467 e. The maximum absolute atomic E-state index is 12.0. The molecule has 1 N–H and O–H groups in total. The van der Waals surface area contributed by atoms with Crippen molar-refractivity contribution in [3.63, 3.8) is 0 Å². The smallest absolute Gasteiger partial charge is 0.328 e. The number of esters is 1. The van der Waals surface area contributed by atoms with Gasteiger partial charge >= 0.3 is 5.97 Å². The average Bonchev–Trinajstić information content (AvgIpc) is 2.35. The van der Waals surface area contributed by atoms with Gasteiger partial charge < -0.3 is 10.1 Å². The standard InChI is InChI=1S/C17H29NO3/c1-12(2)8-7-9-14(5)11-16(19)18-15(10-13(3)4)17(20)21-6/h8,11,13,15H,7,9-10H2,1-6H3,(H,18,19)/b14-11+. The average molecular weight is 295 g/mol. The second kappa shape index (κ2) is 10.2. The van der Waals surface area contributed by atoms with Gasteiger partial charge in [0.25, 0.3) is 0 Å². The molecular weight excluding hydrogens is 266 g/mol. The zero-order valence-electron chi connectivity index (χ0n) is 14.2. The summed E-state index contributed by atoms with van der Waals surface area (Å²) in [7, 11) is 1.34. The Balaban J connectivity index is 4.54. The van der Waals surface area contributed by atoms with E-state index in [9.17, 15) is 9.59 Å². The third-order valence-electron chi connectivity index (χ3n) is 2.98. The van der Waals surface area contributed by atoms with Crippen LogP contribution in [0.4, 0.5) is 0 Å². The van der Waals surface area contributed by atoms with Crippen molar-refractivity contribution in [2.75, 3.05) is 7.11 Å². The highest BCUT2D eigenvalue weighted by atomic mass is 16.5. The Morgan fingerprint density at radius 3 is 2.29 bits per heavy atom. The Kier molecular flexibility index (Phi) is 9.42. The van der Waals surface area contributed by atoms with Gasteiger partial charge in [-0.15, -0.1) is 0 Å². The third-order valence-corrected chi connectivity index (χ3v) is 2.98. The molecule has 0 fully saturated rings. The van der Waals surface area contributed by atoms with E-state index in [1.165, 1.54) is 12.7 Å². The first kappa shape index (κ1) is 19.4. The summed E-state index contributed by atoms with van der Waals surface area (Å²) in [5.41, 5.74) is 2.27. The van der Waals surface area contributed by atoms with Crippen LogP contribution < -0.4 is 5.32 Å². The van der Waals surface area contributed by atoms with Crippen LogP contribution in [0.25, 0.3) is 0 Å². The molecule has 0 aliphatic carbocycles. The fourth-order valence-corrected chi connectivity index (χ4v) is 1.93. The summed E-state index contributed by atoms with van der Waals surface area (Å²) in [6.07, 6.45) is 6.04. The van der Waals surface area contributed by atoms with E-state index in [4.69, 9.17) is 4.74 Å². The minimum absolute atomic E-state index is 0.235. The van der Waals surface area contributed by atoms with E-state index in [2.05, 4.69) is 25.2 Å². The molecule has 0 aromatic heterocycles. The topological polar surface area (TPSA) is 55.4 Å². The number of hydrogen-bond acceptors (Lipinski definition) is 3. The fourth-order valence-electron chi connectivity index (χ4n) is 1.93. The van der Waals surface area contributed by atoms with E-state index >= 15 is 0 Å². The predicted molar refractivity (Wildman–Crippen MR) is 85.8 cm³/mol. The molecule has 21 heavy (non-hydrogen) atoms. The highest BCUT2D eigenvalue weighted by molar-refractivity contribution is 5.91. The van der Waals surface area contributed by atoms with Crippen LogP contribution in [0.3, 0.4) is 0 Å². The van der Waals surface area contributed by atoms with E-state index in [1.54, 1.807) is 6.08 Å². The number of carbonyl (C=O) groups excluding carboxylic acids is 2. The molecule has 1 unspecified atom stereocenters. The molecule has 0 heterocycles. The lowest BCUT2D eigenvalue weighted by molar-refractivity contribution is -0.145. The molecule has 0 spiro atoms. The normalized spacial score (nSPS) is 12.8. The lowest BCUT2D eigenvalue weighted by atomic mass is 10.0. The molecule has 120 valence electrons. The molecule has 4 nitrogen and oxygen atoms in total. The molecule has 0 aromatic rings. The molecule has 0 saturated heterocycles. The zero-order valence-corrected chi connectivity index (χ0v) is 14.2. The van der Waals surface area contributed by atoms with Crippen molar-refractivity contribution >= 4 is 11.9 Å². The fraction of sp³-hybridized carbons (Fsp3) is 0.647. The van der Waals surface area contributed by atoms with Crippen molar-refractivity contribution in [1.29, 1.82) is 0 Å². The summed E-state index contributed by atoms with van der Waals surface area (Å²) in [6, 6.07) is -0.579.